The molecule has 22 heavy (non-hydrogen) atoms. The molecular formula is C18H22FNOS. The van der Waals surface area contributed by atoms with E-state index in [1.54, 1.807) is 18.4 Å². The van der Waals surface area contributed by atoms with Gasteiger partial charge >= 0.3 is 0 Å². The summed E-state index contributed by atoms with van der Waals surface area (Å²) in [6, 6.07) is 14.9. The van der Waals surface area contributed by atoms with Crippen LogP contribution < -0.4 is 5.32 Å². The van der Waals surface area contributed by atoms with Gasteiger partial charge in [0, 0.05) is 34.5 Å². The van der Waals surface area contributed by atoms with Crippen LogP contribution in [-0.4, -0.2) is 16.5 Å². The molecule has 2 aromatic rings. The first-order valence-electron chi connectivity index (χ1n) is 7.45. The molecular weight excluding hydrogens is 297 g/mol. The highest BCUT2D eigenvalue weighted by atomic mass is 32.2. The van der Waals surface area contributed by atoms with Crippen LogP contribution in [0.1, 0.15) is 24.5 Å². The van der Waals surface area contributed by atoms with Crippen molar-refractivity contribution >= 4 is 10.8 Å². The summed E-state index contributed by atoms with van der Waals surface area (Å²) >= 11 is 0. The van der Waals surface area contributed by atoms with Gasteiger partial charge < -0.3 is 5.32 Å². The van der Waals surface area contributed by atoms with Crippen molar-refractivity contribution in [2.24, 2.45) is 0 Å². The number of rotatable bonds is 7. The van der Waals surface area contributed by atoms with Crippen molar-refractivity contribution in [1.29, 1.82) is 0 Å². The summed E-state index contributed by atoms with van der Waals surface area (Å²) in [5.74, 6) is -0.175. The summed E-state index contributed by atoms with van der Waals surface area (Å²) in [4.78, 5) is 0.850. The van der Waals surface area contributed by atoms with E-state index in [-0.39, 0.29) is 5.82 Å². The average molecular weight is 319 g/mol. The Kier molecular flexibility index (Phi) is 6.28. The molecule has 0 saturated heterocycles. The third-order valence-corrected chi connectivity index (χ3v) is 4.60. The van der Waals surface area contributed by atoms with E-state index in [1.807, 2.05) is 30.3 Å². The monoisotopic (exact) mass is 319 g/mol. The molecule has 0 aliphatic rings. The standard InChI is InChI=1S/C18H22FNOS/c1-14(6-7-15-4-3-5-17(19)12-15)20-13-16-8-10-18(11-9-16)22(2)21/h3-5,8-12,14,20H,6-7,13H2,1-2H3/t14-,22+/m0/s1. The Hall–Kier alpha value is -1.52. The minimum Gasteiger partial charge on any atom is -0.310 e. The molecule has 2 nitrogen and oxygen atoms in total. The molecule has 2 rings (SSSR count). The first-order valence-corrected chi connectivity index (χ1v) is 9.00. The predicted octanol–water partition coefficient (Wildman–Crippen LogP) is 3.67. The van der Waals surface area contributed by atoms with Crippen LogP contribution in [0.2, 0.25) is 0 Å². The molecule has 118 valence electrons. The highest BCUT2D eigenvalue weighted by Crippen LogP contribution is 2.10. The zero-order valence-electron chi connectivity index (χ0n) is 13.0. The second-order valence-corrected chi connectivity index (χ2v) is 6.93. The van der Waals surface area contributed by atoms with Gasteiger partial charge in [-0.25, -0.2) is 4.39 Å². The molecule has 0 amide bonds. The van der Waals surface area contributed by atoms with Gasteiger partial charge in [-0.05, 0) is 55.2 Å². The average Bonchev–Trinajstić information content (AvgIpc) is 2.51. The van der Waals surface area contributed by atoms with E-state index < -0.39 is 10.8 Å². The lowest BCUT2D eigenvalue weighted by Crippen LogP contribution is -2.25. The Morgan fingerprint density at radius 2 is 1.86 bits per heavy atom. The van der Waals surface area contributed by atoms with Gasteiger partial charge in [-0.3, -0.25) is 4.21 Å². The maximum absolute atomic E-state index is 13.1. The van der Waals surface area contributed by atoms with Crippen LogP contribution in [0.5, 0.6) is 0 Å². The fraction of sp³-hybridized carbons (Fsp3) is 0.333. The van der Waals surface area contributed by atoms with Gasteiger partial charge in [0.15, 0.2) is 0 Å². The molecule has 0 heterocycles. The van der Waals surface area contributed by atoms with E-state index >= 15 is 0 Å². The van der Waals surface area contributed by atoms with E-state index in [0.717, 1.165) is 29.8 Å². The molecule has 4 heteroatoms. The van der Waals surface area contributed by atoms with Crippen LogP contribution in [0, 0.1) is 5.82 Å². The van der Waals surface area contributed by atoms with E-state index in [4.69, 9.17) is 0 Å². The zero-order valence-corrected chi connectivity index (χ0v) is 13.8. The van der Waals surface area contributed by atoms with E-state index in [9.17, 15) is 8.60 Å². The van der Waals surface area contributed by atoms with E-state index in [1.165, 1.54) is 11.6 Å². The molecule has 0 saturated carbocycles. The SMILES string of the molecule is C[C@@H](CCc1cccc(F)c1)NCc1ccc([S@@](C)=O)cc1. The molecule has 0 bridgehead atoms. The molecule has 1 N–H and O–H groups in total. The Balaban J connectivity index is 1.77. The largest absolute Gasteiger partial charge is 0.310 e. The predicted molar refractivity (Wildman–Crippen MR) is 89.8 cm³/mol. The number of nitrogens with one attached hydrogen (secondary N) is 1. The van der Waals surface area contributed by atoms with Crippen molar-refractivity contribution in [2.75, 3.05) is 6.26 Å². The van der Waals surface area contributed by atoms with Crippen molar-refractivity contribution in [3.8, 4) is 0 Å². The lowest BCUT2D eigenvalue weighted by atomic mass is 10.1. The van der Waals surface area contributed by atoms with Gasteiger partial charge in [0.05, 0.1) is 0 Å². The minimum absolute atomic E-state index is 0.175. The summed E-state index contributed by atoms with van der Waals surface area (Å²) < 4.78 is 24.4. The van der Waals surface area contributed by atoms with Gasteiger partial charge in [-0.2, -0.15) is 0 Å². The van der Waals surface area contributed by atoms with Gasteiger partial charge in [-0.1, -0.05) is 24.3 Å². The van der Waals surface area contributed by atoms with Crippen molar-refractivity contribution < 1.29 is 8.60 Å². The van der Waals surface area contributed by atoms with Crippen LogP contribution in [0.25, 0.3) is 0 Å². The molecule has 0 aromatic heterocycles. The summed E-state index contributed by atoms with van der Waals surface area (Å²) in [7, 11) is -0.927. The Labute approximate surface area is 134 Å². The summed E-state index contributed by atoms with van der Waals surface area (Å²) in [5, 5.41) is 3.46. The third-order valence-electron chi connectivity index (χ3n) is 3.66. The number of halogens is 1. The van der Waals surface area contributed by atoms with Crippen LogP contribution in [0.3, 0.4) is 0 Å². The second-order valence-electron chi connectivity index (χ2n) is 5.55. The fourth-order valence-electron chi connectivity index (χ4n) is 2.27. The zero-order chi connectivity index (χ0) is 15.9. The van der Waals surface area contributed by atoms with Crippen molar-refractivity contribution in [1.82, 2.24) is 5.32 Å². The lowest BCUT2D eigenvalue weighted by Gasteiger charge is -2.14. The van der Waals surface area contributed by atoms with E-state index in [0.29, 0.717) is 6.04 Å². The summed E-state index contributed by atoms with van der Waals surface area (Å²) in [6.07, 6.45) is 3.50. The first-order chi connectivity index (χ1) is 10.5. The molecule has 2 aromatic carbocycles. The van der Waals surface area contributed by atoms with Crippen molar-refractivity contribution in [3.63, 3.8) is 0 Å². The topological polar surface area (TPSA) is 29.1 Å². The summed E-state index contributed by atoms with van der Waals surface area (Å²) in [6.45, 7) is 2.91. The van der Waals surface area contributed by atoms with Crippen molar-refractivity contribution in [2.45, 2.75) is 37.2 Å². The van der Waals surface area contributed by atoms with Gasteiger partial charge in [0.1, 0.15) is 5.82 Å². The highest BCUT2D eigenvalue weighted by Gasteiger charge is 2.04. The molecule has 0 radical (unpaired) electrons. The van der Waals surface area contributed by atoms with E-state index in [2.05, 4.69) is 12.2 Å². The maximum Gasteiger partial charge on any atom is 0.123 e. The molecule has 0 fully saturated rings. The molecule has 0 unspecified atom stereocenters. The smallest absolute Gasteiger partial charge is 0.123 e. The first kappa shape index (κ1) is 16.8. The highest BCUT2D eigenvalue weighted by molar-refractivity contribution is 7.84. The quantitative estimate of drug-likeness (QED) is 0.843. The second kappa shape index (κ2) is 8.20. The van der Waals surface area contributed by atoms with Crippen LogP contribution in [0.4, 0.5) is 4.39 Å². The summed E-state index contributed by atoms with van der Waals surface area (Å²) in [5.41, 5.74) is 2.20. The molecule has 0 aliphatic carbocycles. The number of benzene rings is 2. The van der Waals surface area contributed by atoms with Crippen LogP contribution >= 0.6 is 0 Å². The molecule has 0 aliphatic heterocycles. The molecule has 0 spiro atoms. The Morgan fingerprint density at radius 1 is 1.14 bits per heavy atom. The maximum atomic E-state index is 13.1. The van der Waals surface area contributed by atoms with Gasteiger partial charge in [-0.15, -0.1) is 0 Å². The van der Waals surface area contributed by atoms with Crippen LogP contribution in [0.15, 0.2) is 53.4 Å². The van der Waals surface area contributed by atoms with Crippen LogP contribution in [-0.2, 0) is 23.8 Å². The number of aryl methyl sites for hydroxylation is 1. The number of hydrogen-bond donors (Lipinski definition) is 1. The normalized spacial score (nSPS) is 13.8. The Morgan fingerprint density at radius 3 is 2.50 bits per heavy atom. The fourth-order valence-corrected chi connectivity index (χ4v) is 2.79. The number of hydrogen-bond acceptors (Lipinski definition) is 2. The van der Waals surface area contributed by atoms with Crippen molar-refractivity contribution in [3.05, 3.63) is 65.5 Å². The third kappa shape index (κ3) is 5.35. The Bertz CT molecular complexity index is 627. The lowest BCUT2D eigenvalue weighted by molar-refractivity contribution is 0.513. The van der Waals surface area contributed by atoms with Gasteiger partial charge in [0.2, 0.25) is 0 Å². The van der Waals surface area contributed by atoms with Gasteiger partial charge in [0.25, 0.3) is 0 Å². The molecule has 2 atom stereocenters. The minimum atomic E-state index is -0.927.